The molecule has 0 aliphatic carbocycles. The van der Waals surface area contributed by atoms with Crippen LogP contribution in [0.2, 0.25) is 0 Å². The number of carbonyl (C=O) groups is 2. The van der Waals surface area contributed by atoms with E-state index in [0.717, 1.165) is 26.8 Å². The van der Waals surface area contributed by atoms with Crippen LogP contribution in [0.25, 0.3) is 11.3 Å². The molecule has 0 fully saturated rings. The molecule has 0 unspecified atom stereocenters. The van der Waals surface area contributed by atoms with Crippen LogP contribution in [-0.4, -0.2) is 18.4 Å². The van der Waals surface area contributed by atoms with Gasteiger partial charge in [0.15, 0.2) is 6.61 Å². The first-order valence-corrected chi connectivity index (χ1v) is 9.24. The van der Waals surface area contributed by atoms with Gasteiger partial charge in [0.05, 0.1) is 6.42 Å². The van der Waals surface area contributed by atoms with E-state index in [4.69, 9.17) is 9.15 Å². The molecule has 3 rings (SSSR count). The average Bonchev–Trinajstić information content (AvgIpc) is 3.25. The Hall–Kier alpha value is -2.66. The van der Waals surface area contributed by atoms with Crippen molar-refractivity contribution in [3.8, 4) is 11.3 Å². The molecule has 0 aliphatic rings. The lowest BCUT2D eigenvalue weighted by Gasteiger charge is -2.03. The molecule has 0 saturated heterocycles. The molecule has 0 bridgehead atoms. The van der Waals surface area contributed by atoms with Gasteiger partial charge >= 0.3 is 5.97 Å². The highest BCUT2D eigenvalue weighted by Crippen LogP contribution is 2.23. The number of Topliss-reactive ketones (excluding diaryl/α,β-unsaturated/α-hetero) is 1. The zero-order valence-corrected chi connectivity index (χ0v) is 15.6. The summed E-state index contributed by atoms with van der Waals surface area (Å²) in [7, 11) is 0. The van der Waals surface area contributed by atoms with Crippen molar-refractivity contribution in [1.29, 1.82) is 0 Å². The van der Waals surface area contributed by atoms with Crippen molar-refractivity contribution in [2.45, 2.75) is 26.7 Å². The number of carbonyl (C=O) groups excluding carboxylic acids is 2. The predicted molar refractivity (Wildman–Crippen MR) is 102 cm³/mol. The van der Waals surface area contributed by atoms with Gasteiger partial charge in [-0.05, 0) is 32.0 Å². The standard InChI is InChI=1S/C21H20O4S/c1-14-12-18(15(2)26-14)19(22)13-24-21(23)11-9-17-8-10-20(25-17)16-6-4-3-5-7-16/h3-8,10,12H,9,11,13H2,1-2H3. The Morgan fingerprint density at radius 2 is 1.85 bits per heavy atom. The van der Waals surface area contributed by atoms with Crippen molar-refractivity contribution in [1.82, 2.24) is 0 Å². The molecule has 0 aliphatic heterocycles. The van der Waals surface area contributed by atoms with Gasteiger partial charge in [-0.2, -0.15) is 0 Å². The number of aryl methyl sites for hydroxylation is 3. The summed E-state index contributed by atoms with van der Waals surface area (Å²) in [5.41, 5.74) is 1.63. The second-order valence-corrected chi connectivity index (χ2v) is 7.50. The van der Waals surface area contributed by atoms with E-state index in [1.165, 1.54) is 0 Å². The summed E-state index contributed by atoms with van der Waals surface area (Å²) in [6.45, 7) is 3.63. The number of benzene rings is 1. The molecule has 26 heavy (non-hydrogen) atoms. The fraction of sp³-hybridized carbons (Fsp3) is 0.238. The second kappa shape index (κ2) is 8.15. The van der Waals surface area contributed by atoms with Crippen LogP contribution >= 0.6 is 11.3 Å². The minimum atomic E-state index is -0.402. The Labute approximate surface area is 156 Å². The van der Waals surface area contributed by atoms with Gasteiger partial charge in [-0.25, -0.2) is 0 Å². The number of hydrogen-bond donors (Lipinski definition) is 0. The average molecular weight is 368 g/mol. The van der Waals surface area contributed by atoms with Gasteiger partial charge in [-0.3, -0.25) is 9.59 Å². The number of furan rings is 1. The van der Waals surface area contributed by atoms with Gasteiger partial charge in [0.25, 0.3) is 0 Å². The molecule has 0 saturated carbocycles. The minimum absolute atomic E-state index is 0.162. The highest BCUT2D eigenvalue weighted by Gasteiger charge is 2.15. The monoisotopic (exact) mass is 368 g/mol. The zero-order valence-electron chi connectivity index (χ0n) is 14.8. The van der Waals surface area contributed by atoms with E-state index < -0.39 is 5.97 Å². The van der Waals surface area contributed by atoms with Crippen molar-refractivity contribution in [2.24, 2.45) is 0 Å². The molecule has 0 amide bonds. The third kappa shape index (κ3) is 4.49. The normalized spacial score (nSPS) is 10.7. The lowest BCUT2D eigenvalue weighted by atomic mass is 10.2. The van der Waals surface area contributed by atoms with Crippen LogP contribution < -0.4 is 0 Å². The summed E-state index contributed by atoms with van der Waals surface area (Å²) in [5.74, 6) is 0.925. The van der Waals surface area contributed by atoms with Gasteiger partial charge in [-0.15, -0.1) is 11.3 Å². The minimum Gasteiger partial charge on any atom is -0.461 e. The number of ketones is 1. The van der Waals surface area contributed by atoms with Crippen LogP contribution in [0.15, 0.2) is 52.9 Å². The summed E-state index contributed by atoms with van der Waals surface area (Å²) in [5, 5.41) is 0. The highest BCUT2D eigenvalue weighted by atomic mass is 32.1. The summed E-state index contributed by atoms with van der Waals surface area (Å²) >= 11 is 1.57. The molecule has 2 heterocycles. The molecule has 2 aromatic heterocycles. The Kier molecular flexibility index (Phi) is 5.68. The number of thiophene rings is 1. The molecule has 0 atom stereocenters. The van der Waals surface area contributed by atoms with Crippen LogP contribution in [-0.2, 0) is 16.0 Å². The molecule has 0 N–H and O–H groups in total. The first kappa shape index (κ1) is 18.1. The highest BCUT2D eigenvalue weighted by molar-refractivity contribution is 7.12. The smallest absolute Gasteiger partial charge is 0.306 e. The molecule has 1 aromatic carbocycles. The van der Waals surface area contributed by atoms with Crippen LogP contribution in [0.1, 0.15) is 32.3 Å². The molecule has 0 spiro atoms. The van der Waals surface area contributed by atoms with Gasteiger partial charge < -0.3 is 9.15 Å². The number of hydrogen-bond acceptors (Lipinski definition) is 5. The molecule has 0 radical (unpaired) electrons. The summed E-state index contributed by atoms with van der Waals surface area (Å²) in [4.78, 5) is 26.1. The molecular weight excluding hydrogens is 348 g/mol. The zero-order chi connectivity index (χ0) is 18.5. The maximum absolute atomic E-state index is 12.1. The van der Waals surface area contributed by atoms with Gasteiger partial charge in [-0.1, -0.05) is 30.3 Å². The Morgan fingerprint density at radius 1 is 1.08 bits per heavy atom. The van der Waals surface area contributed by atoms with Gasteiger partial charge in [0, 0.05) is 27.3 Å². The van der Waals surface area contributed by atoms with Crippen LogP contribution in [0.4, 0.5) is 0 Å². The third-order valence-electron chi connectivity index (χ3n) is 4.00. The summed E-state index contributed by atoms with van der Waals surface area (Å²) in [6, 6.07) is 15.4. The maximum atomic E-state index is 12.1. The first-order valence-electron chi connectivity index (χ1n) is 8.43. The van der Waals surface area contributed by atoms with E-state index >= 15 is 0 Å². The Morgan fingerprint density at radius 3 is 2.54 bits per heavy atom. The van der Waals surface area contributed by atoms with E-state index in [0.29, 0.717) is 12.0 Å². The molecule has 134 valence electrons. The van der Waals surface area contributed by atoms with E-state index in [2.05, 4.69) is 0 Å². The quantitative estimate of drug-likeness (QED) is 0.436. The summed E-state index contributed by atoms with van der Waals surface area (Å²) in [6.07, 6.45) is 0.618. The lowest BCUT2D eigenvalue weighted by molar-refractivity contribution is -0.142. The fourth-order valence-electron chi connectivity index (χ4n) is 2.70. The molecule has 3 aromatic rings. The van der Waals surface area contributed by atoms with E-state index in [9.17, 15) is 9.59 Å². The van der Waals surface area contributed by atoms with Gasteiger partial charge in [0.1, 0.15) is 11.5 Å². The molecule has 5 heteroatoms. The largest absolute Gasteiger partial charge is 0.461 e. The Balaban J connectivity index is 1.48. The molecular formula is C21H20O4S. The third-order valence-corrected chi connectivity index (χ3v) is 4.97. The van der Waals surface area contributed by atoms with Crippen molar-refractivity contribution >= 4 is 23.1 Å². The first-order chi connectivity index (χ1) is 12.5. The van der Waals surface area contributed by atoms with Crippen molar-refractivity contribution in [3.05, 3.63) is 69.6 Å². The van der Waals surface area contributed by atoms with Crippen molar-refractivity contribution in [3.63, 3.8) is 0 Å². The number of ether oxygens (including phenoxy) is 1. The molecule has 4 nitrogen and oxygen atoms in total. The predicted octanol–water partition coefficient (Wildman–Crippen LogP) is 4.98. The van der Waals surface area contributed by atoms with Crippen molar-refractivity contribution < 1.29 is 18.7 Å². The maximum Gasteiger partial charge on any atom is 0.306 e. The van der Waals surface area contributed by atoms with Crippen LogP contribution in [0.5, 0.6) is 0 Å². The number of rotatable bonds is 7. The summed E-state index contributed by atoms with van der Waals surface area (Å²) < 4.78 is 10.9. The Bertz CT molecular complexity index is 905. The second-order valence-electron chi connectivity index (χ2n) is 6.04. The van der Waals surface area contributed by atoms with E-state index in [1.54, 1.807) is 11.3 Å². The van der Waals surface area contributed by atoms with E-state index in [1.807, 2.05) is 62.4 Å². The fourth-order valence-corrected chi connectivity index (χ4v) is 3.64. The van der Waals surface area contributed by atoms with E-state index in [-0.39, 0.29) is 18.8 Å². The topological polar surface area (TPSA) is 56.5 Å². The van der Waals surface area contributed by atoms with Crippen LogP contribution in [0.3, 0.4) is 0 Å². The SMILES string of the molecule is Cc1cc(C(=O)COC(=O)CCc2ccc(-c3ccccc3)o2)c(C)s1. The lowest BCUT2D eigenvalue weighted by Crippen LogP contribution is -2.14. The van der Waals surface area contributed by atoms with Gasteiger partial charge in [0.2, 0.25) is 5.78 Å². The number of esters is 1. The van der Waals surface area contributed by atoms with Crippen molar-refractivity contribution in [2.75, 3.05) is 6.61 Å². The van der Waals surface area contributed by atoms with Crippen LogP contribution in [0, 0.1) is 13.8 Å².